The molecule has 0 aliphatic heterocycles. The molecule has 1 amide bonds. The summed E-state index contributed by atoms with van der Waals surface area (Å²) in [5, 5.41) is 16.0. The fourth-order valence-electron chi connectivity index (χ4n) is 2.08. The predicted octanol–water partition coefficient (Wildman–Crippen LogP) is 2.43. The lowest BCUT2D eigenvalue weighted by atomic mass is 10.1. The van der Waals surface area contributed by atoms with Crippen LogP contribution in [0.2, 0.25) is 0 Å². The quantitative estimate of drug-likeness (QED) is 0.883. The number of amides is 1. The fourth-order valence-corrected chi connectivity index (χ4v) is 2.08. The van der Waals surface area contributed by atoms with Crippen molar-refractivity contribution in [2.24, 2.45) is 0 Å². The van der Waals surface area contributed by atoms with Crippen LogP contribution in [0.15, 0.2) is 30.3 Å². The standard InChI is InChI=1S/C16H18N4O/c1-11(2)19-16(21)7-8-18-15-9-12(10-17)20-14-6-4-3-5-13(14)15/h3-6,9,11H,7-8H2,1-2H3,(H,18,20)(H,19,21). The van der Waals surface area contributed by atoms with Crippen molar-refractivity contribution < 1.29 is 4.79 Å². The lowest BCUT2D eigenvalue weighted by Gasteiger charge is -2.11. The van der Waals surface area contributed by atoms with E-state index in [0.717, 1.165) is 16.6 Å². The van der Waals surface area contributed by atoms with Crippen molar-refractivity contribution in [3.8, 4) is 6.07 Å². The van der Waals surface area contributed by atoms with Crippen molar-refractivity contribution in [1.29, 1.82) is 5.26 Å². The number of carbonyl (C=O) groups excluding carboxylic acids is 1. The Balaban J connectivity index is 2.11. The topological polar surface area (TPSA) is 77.8 Å². The minimum atomic E-state index is 0.0105. The molecular formula is C16H18N4O. The number of nitrogens with zero attached hydrogens (tertiary/aromatic N) is 2. The molecule has 2 aromatic rings. The van der Waals surface area contributed by atoms with Crippen molar-refractivity contribution in [3.63, 3.8) is 0 Å². The van der Waals surface area contributed by atoms with Crippen LogP contribution in [-0.2, 0) is 4.79 Å². The van der Waals surface area contributed by atoms with Crippen LogP contribution >= 0.6 is 0 Å². The van der Waals surface area contributed by atoms with Gasteiger partial charge in [-0.1, -0.05) is 18.2 Å². The van der Waals surface area contributed by atoms with E-state index in [1.807, 2.05) is 38.1 Å². The Kier molecular flexibility index (Phi) is 4.72. The Hall–Kier alpha value is -2.61. The summed E-state index contributed by atoms with van der Waals surface area (Å²) in [4.78, 5) is 15.9. The van der Waals surface area contributed by atoms with Crippen molar-refractivity contribution in [2.75, 3.05) is 11.9 Å². The first-order valence-corrected chi connectivity index (χ1v) is 6.93. The smallest absolute Gasteiger partial charge is 0.221 e. The average Bonchev–Trinajstić information content (AvgIpc) is 2.46. The van der Waals surface area contributed by atoms with Crippen LogP contribution in [0, 0.1) is 11.3 Å². The second-order valence-electron chi connectivity index (χ2n) is 5.08. The summed E-state index contributed by atoms with van der Waals surface area (Å²) in [7, 11) is 0. The number of hydrogen-bond acceptors (Lipinski definition) is 4. The number of fused-ring (bicyclic) bond motifs is 1. The number of anilines is 1. The number of pyridine rings is 1. The zero-order valence-electron chi connectivity index (χ0n) is 12.2. The number of carbonyl (C=O) groups is 1. The highest BCUT2D eigenvalue weighted by molar-refractivity contribution is 5.92. The Morgan fingerprint density at radius 3 is 2.86 bits per heavy atom. The molecule has 0 saturated carbocycles. The zero-order valence-corrected chi connectivity index (χ0v) is 12.2. The molecule has 0 aliphatic rings. The van der Waals surface area contributed by atoms with Gasteiger partial charge in [-0.25, -0.2) is 4.98 Å². The number of nitriles is 1. The summed E-state index contributed by atoms with van der Waals surface area (Å²) in [5.41, 5.74) is 1.96. The van der Waals surface area contributed by atoms with Gasteiger partial charge in [0.2, 0.25) is 5.91 Å². The maximum absolute atomic E-state index is 11.6. The number of aromatic nitrogens is 1. The highest BCUT2D eigenvalue weighted by Gasteiger charge is 2.07. The number of rotatable bonds is 5. The van der Waals surface area contributed by atoms with Gasteiger partial charge >= 0.3 is 0 Å². The van der Waals surface area contributed by atoms with E-state index in [2.05, 4.69) is 21.7 Å². The van der Waals surface area contributed by atoms with E-state index in [0.29, 0.717) is 18.7 Å². The van der Waals surface area contributed by atoms with Crippen LogP contribution in [0.4, 0.5) is 5.69 Å². The summed E-state index contributed by atoms with van der Waals surface area (Å²) in [6, 6.07) is 11.5. The SMILES string of the molecule is CC(C)NC(=O)CCNc1cc(C#N)nc2ccccc12. The lowest BCUT2D eigenvalue weighted by molar-refractivity contribution is -0.121. The molecular weight excluding hydrogens is 264 g/mol. The van der Waals surface area contributed by atoms with Gasteiger partial charge in [-0.2, -0.15) is 5.26 Å². The van der Waals surface area contributed by atoms with Gasteiger partial charge in [-0.15, -0.1) is 0 Å². The van der Waals surface area contributed by atoms with Gasteiger partial charge in [0.15, 0.2) is 0 Å². The average molecular weight is 282 g/mol. The largest absolute Gasteiger partial charge is 0.384 e. The third-order valence-electron chi connectivity index (χ3n) is 2.95. The van der Waals surface area contributed by atoms with E-state index < -0.39 is 0 Å². The first kappa shape index (κ1) is 14.8. The Morgan fingerprint density at radius 2 is 2.14 bits per heavy atom. The molecule has 0 radical (unpaired) electrons. The molecule has 0 aliphatic carbocycles. The molecule has 0 spiro atoms. The van der Waals surface area contributed by atoms with Gasteiger partial charge < -0.3 is 10.6 Å². The van der Waals surface area contributed by atoms with Gasteiger partial charge in [0, 0.05) is 30.1 Å². The van der Waals surface area contributed by atoms with E-state index in [-0.39, 0.29) is 11.9 Å². The molecule has 5 heteroatoms. The van der Waals surface area contributed by atoms with E-state index >= 15 is 0 Å². The minimum Gasteiger partial charge on any atom is -0.384 e. The molecule has 0 atom stereocenters. The first-order valence-electron chi connectivity index (χ1n) is 6.93. The number of hydrogen-bond donors (Lipinski definition) is 2. The molecule has 0 bridgehead atoms. The highest BCUT2D eigenvalue weighted by Crippen LogP contribution is 2.22. The predicted molar refractivity (Wildman–Crippen MR) is 82.8 cm³/mol. The molecule has 0 fully saturated rings. The Labute approximate surface area is 124 Å². The summed E-state index contributed by atoms with van der Waals surface area (Å²) in [6.07, 6.45) is 0.386. The second kappa shape index (κ2) is 6.71. The Morgan fingerprint density at radius 1 is 1.38 bits per heavy atom. The maximum Gasteiger partial charge on any atom is 0.221 e. The van der Waals surface area contributed by atoms with E-state index in [4.69, 9.17) is 5.26 Å². The molecule has 21 heavy (non-hydrogen) atoms. The summed E-state index contributed by atoms with van der Waals surface area (Å²) >= 11 is 0. The van der Waals surface area contributed by atoms with E-state index in [1.165, 1.54) is 0 Å². The van der Waals surface area contributed by atoms with Crippen LogP contribution in [0.5, 0.6) is 0 Å². The van der Waals surface area contributed by atoms with Gasteiger partial charge in [-0.3, -0.25) is 4.79 Å². The number of nitrogens with one attached hydrogen (secondary N) is 2. The molecule has 5 nitrogen and oxygen atoms in total. The second-order valence-corrected chi connectivity index (χ2v) is 5.08. The third-order valence-corrected chi connectivity index (χ3v) is 2.95. The van der Waals surface area contributed by atoms with Crippen LogP contribution in [0.25, 0.3) is 10.9 Å². The minimum absolute atomic E-state index is 0.0105. The molecule has 108 valence electrons. The van der Waals surface area contributed by atoms with Crippen molar-refractivity contribution >= 4 is 22.5 Å². The number of para-hydroxylation sites is 1. The summed E-state index contributed by atoms with van der Waals surface area (Å²) < 4.78 is 0. The summed E-state index contributed by atoms with van der Waals surface area (Å²) in [6.45, 7) is 4.37. The van der Waals surface area contributed by atoms with Crippen molar-refractivity contribution in [2.45, 2.75) is 26.3 Å². The van der Waals surface area contributed by atoms with Gasteiger partial charge in [0.25, 0.3) is 0 Å². The maximum atomic E-state index is 11.6. The third kappa shape index (κ3) is 3.93. The molecule has 1 heterocycles. The van der Waals surface area contributed by atoms with Crippen molar-refractivity contribution in [1.82, 2.24) is 10.3 Å². The summed E-state index contributed by atoms with van der Waals surface area (Å²) in [5.74, 6) is 0.0105. The Bertz CT molecular complexity index is 688. The fraction of sp³-hybridized carbons (Fsp3) is 0.312. The first-order chi connectivity index (χ1) is 10.1. The van der Waals surface area contributed by atoms with E-state index in [9.17, 15) is 4.79 Å². The van der Waals surface area contributed by atoms with Crippen LogP contribution in [-0.4, -0.2) is 23.5 Å². The van der Waals surface area contributed by atoms with Crippen LogP contribution < -0.4 is 10.6 Å². The zero-order chi connectivity index (χ0) is 15.2. The highest BCUT2D eigenvalue weighted by atomic mass is 16.1. The van der Waals surface area contributed by atoms with Gasteiger partial charge in [0.1, 0.15) is 11.8 Å². The normalized spacial score (nSPS) is 10.4. The molecule has 2 rings (SSSR count). The van der Waals surface area contributed by atoms with Crippen LogP contribution in [0.1, 0.15) is 26.0 Å². The van der Waals surface area contributed by atoms with Gasteiger partial charge in [0.05, 0.1) is 5.52 Å². The molecule has 0 unspecified atom stereocenters. The molecule has 1 aromatic heterocycles. The molecule has 2 N–H and O–H groups in total. The molecule has 0 saturated heterocycles. The van der Waals surface area contributed by atoms with E-state index in [1.54, 1.807) is 6.07 Å². The van der Waals surface area contributed by atoms with Gasteiger partial charge in [-0.05, 0) is 26.0 Å². The van der Waals surface area contributed by atoms with Crippen LogP contribution in [0.3, 0.4) is 0 Å². The monoisotopic (exact) mass is 282 g/mol. The number of benzene rings is 1. The van der Waals surface area contributed by atoms with Crippen molar-refractivity contribution in [3.05, 3.63) is 36.0 Å². The lowest BCUT2D eigenvalue weighted by Crippen LogP contribution is -2.31. The molecule has 1 aromatic carbocycles.